The van der Waals surface area contributed by atoms with Crippen LogP contribution in [0.2, 0.25) is 0 Å². The number of thiocarbonyl (C=S) groups is 2. The van der Waals surface area contributed by atoms with Gasteiger partial charge in [0.2, 0.25) is 0 Å². The zero-order valence-corrected chi connectivity index (χ0v) is 19.3. The van der Waals surface area contributed by atoms with Gasteiger partial charge in [-0.2, -0.15) is 0 Å². The molecule has 0 unspecified atom stereocenters. The van der Waals surface area contributed by atoms with Crippen LogP contribution >= 0.6 is 24.4 Å². The van der Waals surface area contributed by atoms with Crippen LogP contribution in [-0.2, 0) is 13.1 Å². The summed E-state index contributed by atoms with van der Waals surface area (Å²) in [5.74, 6) is 3.55. The van der Waals surface area contributed by atoms with E-state index >= 15 is 0 Å². The lowest BCUT2D eigenvalue weighted by Crippen LogP contribution is -2.44. The van der Waals surface area contributed by atoms with Crippen molar-refractivity contribution < 1.29 is 0 Å². The second kappa shape index (κ2) is 8.99. The molecule has 4 N–H and O–H groups in total. The molecule has 0 spiro atoms. The Bertz CT molecular complexity index is 715. The third-order valence-corrected chi connectivity index (χ3v) is 8.56. The fraction of sp³-hybridized carbons (Fsp3) is 0.667. The van der Waals surface area contributed by atoms with Gasteiger partial charge >= 0.3 is 0 Å². The Labute approximate surface area is 191 Å². The second-order valence-electron chi connectivity index (χ2n) is 10.0. The summed E-state index contributed by atoms with van der Waals surface area (Å²) in [6.45, 7) is 1.54. The maximum atomic E-state index is 5.53. The highest BCUT2D eigenvalue weighted by molar-refractivity contribution is 7.80. The van der Waals surface area contributed by atoms with Crippen LogP contribution in [0.4, 0.5) is 0 Å². The van der Waals surface area contributed by atoms with Crippen LogP contribution in [0.3, 0.4) is 0 Å². The normalized spacial score (nSPS) is 33.5. The van der Waals surface area contributed by atoms with E-state index in [2.05, 4.69) is 45.5 Å². The summed E-state index contributed by atoms with van der Waals surface area (Å²) in [5, 5.41) is 15.5. The molecule has 5 rings (SSSR count). The van der Waals surface area contributed by atoms with Gasteiger partial charge in [-0.15, -0.1) is 0 Å². The van der Waals surface area contributed by atoms with E-state index in [-0.39, 0.29) is 0 Å². The standard InChI is InChI=1S/C24H34N4S2/c29-23(27-21-11-17-5-7-19(21)9-17)25-13-15-1-2-16(4-3-15)14-26-24(30)28-22-12-18-6-8-20(22)10-18/h1-4,17-22H,5-14H2,(H2,25,27,29)(H2,26,28,30)/t17-,18-,19-,20-,21+,22+/m0/s1. The van der Waals surface area contributed by atoms with Crippen molar-refractivity contribution in [3.05, 3.63) is 35.4 Å². The zero-order chi connectivity index (χ0) is 20.5. The summed E-state index contributed by atoms with van der Waals surface area (Å²) in [4.78, 5) is 0. The molecule has 0 heterocycles. The monoisotopic (exact) mass is 442 g/mol. The molecule has 1 aromatic carbocycles. The van der Waals surface area contributed by atoms with Crippen LogP contribution in [0, 0.1) is 23.7 Å². The fourth-order valence-corrected chi connectivity index (χ4v) is 6.87. The van der Waals surface area contributed by atoms with E-state index in [0.29, 0.717) is 12.1 Å². The number of benzene rings is 1. The van der Waals surface area contributed by atoms with E-state index < -0.39 is 0 Å². The van der Waals surface area contributed by atoms with Crippen LogP contribution in [0.5, 0.6) is 0 Å². The molecule has 4 bridgehead atoms. The van der Waals surface area contributed by atoms with E-state index in [1.54, 1.807) is 0 Å². The summed E-state index contributed by atoms with van der Waals surface area (Å²) in [6, 6.07) is 9.89. The lowest BCUT2D eigenvalue weighted by molar-refractivity contribution is 0.389. The highest BCUT2D eigenvalue weighted by Crippen LogP contribution is 2.45. The van der Waals surface area contributed by atoms with Crippen molar-refractivity contribution in [2.45, 2.75) is 76.5 Å². The molecule has 4 nitrogen and oxygen atoms in total. The van der Waals surface area contributed by atoms with Crippen LogP contribution < -0.4 is 21.3 Å². The topological polar surface area (TPSA) is 48.1 Å². The van der Waals surface area contributed by atoms with E-state index in [4.69, 9.17) is 24.4 Å². The molecule has 6 atom stereocenters. The minimum Gasteiger partial charge on any atom is -0.360 e. The van der Waals surface area contributed by atoms with Crippen molar-refractivity contribution >= 4 is 34.7 Å². The van der Waals surface area contributed by atoms with Gasteiger partial charge in [0.05, 0.1) is 0 Å². The first-order chi connectivity index (χ1) is 14.6. The summed E-state index contributed by atoms with van der Waals surface area (Å²) in [7, 11) is 0. The molecule has 4 aliphatic rings. The van der Waals surface area contributed by atoms with Crippen LogP contribution in [0.15, 0.2) is 24.3 Å². The maximum Gasteiger partial charge on any atom is 0.166 e. The molecule has 30 heavy (non-hydrogen) atoms. The smallest absolute Gasteiger partial charge is 0.166 e. The van der Waals surface area contributed by atoms with Gasteiger partial charge in [-0.1, -0.05) is 37.1 Å². The first-order valence-corrected chi connectivity index (χ1v) is 12.6. The first-order valence-electron chi connectivity index (χ1n) is 11.8. The van der Waals surface area contributed by atoms with E-state index in [1.807, 2.05) is 0 Å². The Morgan fingerprint density at radius 3 is 1.43 bits per heavy atom. The Hall–Kier alpha value is -1.40. The molecule has 6 heteroatoms. The molecule has 0 radical (unpaired) electrons. The van der Waals surface area contributed by atoms with E-state index in [1.165, 1.54) is 62.5 Å². The number of rotatable bonds is 6. The molecule has 162 valence electrons. The lowest BCUT2D eigenvalue weighted by Gasteiger charge is -2.24. The van der Waals surface area contributed by atoms with Crippen molar-refractivity contribution in [1.82, 2.24) is 21.3 Å². The Balaban J connectivity index is 1.01. The van der Waals surface area contributed by atoms with Gasteiger partial charge in [-0.25, -0.2) is 0 Å². The third-order valence-electron chi connectivity index (χ3n) is 8.04. The molecular formula is C24H34N4S2. The first kappa shape index (κ1) is 20.5. The number of hydrogen-bond acceptors (Lipinski definition) is 2. The average molecular weight is 443 g/mol. The fourth-order valence-electron chi connectivity index (χ4n) is 6.42. The SMILES string of the molecule is S=C(NCc1ccc(CNC(=S)N[C@@H]2C[C@H]3CC[C@H]2C3)cc1)N[C@@H]1C[C@H]2CC[C@H]1C2. The predicted octanol–water partition coefficient (Wildman–Crippen LogP) is 3.99. The highest BCUT2D eigenvalue weighted by atomic mass is 32.1. The van der Waals surface area contributed by atoms with Gasteiger partial charge in [0, 0.05) is 25.2 Å². The number of nitrogens with one attached hydrogen (secondary N) is 4. The molecule has 0 saturated heterocycles. The Morgan fingerprint density at radius 2 is 1.10 bits per heavy atom. The van der Waals surface area contributed by atoms with Gasteiger partial charge in [0.25, 0.3) is 0 Å². The van der Waals surface area contributed by atoms with Crippen molar-refractivity contribution in [1.29, 1.82) is 0 Å². The van der Waals surface area contributed by atoms with Gasteiger partial charge in [-0.05, 0) is 97.8 Å². The molecular weight excluding hydrogens is 408 g/mol. The molecule has 4 fully saturated rings. The molecule has 0 amide bonds. The minimum absolute atomic E-state index is 0.592. The Morgan fingerprint density at radius 1 is 0.667 bits per heavy atom. The number of fused-ring (bicyclic) bond motifs is 4. The quantitative estimate of drug-likeness (QED) is 0.500. The van der Waals surface area contributed by atoms with Gasteiger partial charge in [0.15, 0.2) is 10.2 Å². The summed E-state index contributed by atoms with van der Waals surface area (Å²) in [6.07, 6.45) is 11.0. The van der Waals surface area contributed by atoms with Gasteiger partial charge in [0.1, 0.15) is 0 Å². The molecule has 0 aliphatic heterocycles. The zero-order valence-electron chi connectivity index (χ0n) is 17.7. The van der Waals surface area contributed by atoms with E-state index in [9.17, 15) is 0 Å². The van der Waals surface area contributed by atoms with Gasteiger partial charge < -0.3 is 21.3 Å². The van der Waals surface area contributed by atoms with Crippen molar-refractivity contribution in [2.75, 3.05) is 0 Å². The average Bonchev–Trinajstić information content (AvgIpc) is 3.53. The highest BCUT2D eigenvalue weighted by Gasteiger charge is 2.40. The summed E-state index contributed by atoms with van der Waals surface area (Å²) >= 11 is 11.1. The maximum absolute atomic E-state index is 5.53. The molecule has 4 aliphatic carbocycles. The van der Waals surface area contributed by atoms with Crippen LogP contribution in [-0.4, -0.2) is 22.3 Å². The van der Waals surface area contributed by atoms with Crippen molar-refractivity contribution in [3.8, 4) is 0 Å². The lowest BCUT2D eigenvalue weighted by atomic mass is 9.95. The molecule has 0 aromatic heterocycles. The van der Waals surface area contributed by atoms with Gasteiger partial charge in [-0.3, -0.25) is 0 Å². The Kier molecular flexibility index (Phi) is 6.15. The van der Waals surface area contributed by atoms with Crippen LogP contribution in [0.1, 0.15) is 62.5 Å². The summed E-state index contributed by atoms with van der Waals surface area (Å²) in [5.41, 5.74) is 2.50. The second-order valence-corrected chi connectivity index (χ2v) is 10.8. The minimum atomic E-state index is 0.592. The molecule has 1 aromatic rings. The van der Waals surface area contributed by atoms with Crippen molar-refractivity contribution in [3.63, 3.8) is 0 Å². The third kappa shape index (κ3) is 4.75. The van der Waals surface area contributed by atoms with Crippen LogP contribution in [0.25, 0.3) is 0 Å². The van der Waals surface area contributed by atoms with Crippen molar-refractivity contribution in [2.24, 2.45) is 23.7 Å². The number of hydrogen-bond donors (Lipinski definition) is 4. The summed E-state index contributed by atoms with van der Waals surface area (Å²) < 4.78 is 0. The predicted molar refractivity (Wildman–Crippen MR) is 130 cm³/mol. The van der Waals surface area contributed by atoms with E-state index in [0.717, 1.165) is 47.0 Å². The largest absolute Gasteiger partial charge is 0.360 e. The molecule has 4 saturated carbocycles.